The van der Waals surface area contributed by atoms with Crippen LogP contribution >= 0.6 is 7.82 Å². The minimum absolute atomic E-state index is 0.0452. The second-order valence-corrected chi connectivity index (χ2v) is 22.4. The number of phosphoric acid groups is 1. The van der Waals surface area contributed by atoms with E-state index < -0.39 is 20.0 Å². The Balaban J connectivity index is 4.25. The average Bonchev–Trinajstić information content (AvgIpc) is 3.33. The number of likely N-dealkylation sites (N-methyl/N-ethyl adjacent to an activating group) is 1. The monoisotopic (exact) mass is 1010 g/mol. The number of carbonyl (C=O) groups is 1. The van der Waals surface area contributed by atoms with Gasteiger partial charge in [-0.05, 0) is 77.0 Å². The molecule has 3 N–H and O–H groups in total. The average molecular weight is 1010 g/mol. The van der Waals surface area contributed by atoms with Gasteiger partial charge < -0.3 is 19.8 Å². The standard InChI is InChI=1S/C62H113N2O6P/c1-6-8-10-12-14-16-18-20-22-24-26-27-28-29-30-31-32-33-34-35-36-38-39-41-43-45-47-49-51-53-55-61(65)60(59-70-71(67,68)69-58-57-64(3,4)5)63-62(66)56-54-52-50-48-46-44-42-40-37-25-23-21-19-17-15-13-11-9-7-2/h9,11,15,17,21,23,37,40,44-47,53,55,60-61,65H,6-8,10,12-14,16,18-20,22,24-36,38-39,41-43,48-52,54,56-59H2,1-5H3,(H-,63,66,67,68)/p+1/b11-9-,17-15-,23-21-,40-37-,46-44-,47-45+,55-53+. The Hall–Kier alpha value is -2.32. The van der Waals surface area contributed by atoms with Gasteiger partial charge in [-0.2, -0.15) is 0 Å². The van der Waals surface area contributed by atoms with Crippen LogP contribution in [0.1, 0.15) is 251 Å². The van der Waals surface area contributed by atoms with Gasteiger partial charge in [0.1, 0.15) is 13.2 Å². The molecular weight excluding hydrogens is 900 g/mol. The number of unbranched alkanes of at least 4 members (excludes halogenated alkanes) is 28. The van der Waals surface area contributed by atoms with E-state index >= 15 is 0 Å². The quantitative estimate of drug-likeness (QED) is 0.0243. The summed E-state index contributed by atoms with van der Waals surface area (Å²) < 4.78 is 23.7. The molecule has 8 nitrogen and oxygen atoms in total. The van der Waals surface area contributed by atoms with E-state index in [2.05, 4.69) is 92.1 Å². The summed E-state index contributed by atoms with van der Waals surface area (Å²) in [5.41, 5.74) is 0. The minimum atomic E-state index is -4.37. The maximum Gasteiger partial charge on any atom is 0.472 e. The number of quaternary nitrogens is 1. The predicted molar refractivity (Wildman–Crippen MR) is 309 cm³/mol. The fourth-order valence-electron chi connectivity index (χ4n) is 8.26. The molecule has 0 saturated carbocycles. The van der Waals surface area contributed by atoms with Crippen molar-refractivity contribution in [1.29, 1.82) is 0 Å². The first-order valence-electron chi connectivity index (χ1n) is 29.5. The molecule has 1 amide bonds. The molecule has 0 aliphatic carbocycles. The van der Waals surface area contributed by atoms with Gasteiger partial charge in [0.05, 0.1) is 39.9 Å². The maximum absolute atomic E-state index is 13.0. The summed E-state index contributed by atoms with van der Waals surface area (Å²) in [5.74, 6) is -0.219. The van der Waals surface area contributed by atoms with E-state index in [9.17, 15) is 19.4 Å². The molecule has 3 unspecified atom stereocenters. The van der Waals surface area contributed by atoms with Crippen molar-refractivity contribution in [1.82, 2.24) is 5.32 Å². The smallest absolute Gasteiger partial charge is 0.387 e. The van der Waals surface area contributed by atoms with Crippen LogP contribution in [0.2, 0.25) is 0 Å². The first kappa shape index (κ1) is 68.7. The van der Waals surface area contributed by atoms with Crippen molar-refractivity contribution >= 4 is 13.7 Å². The van der Waals surface area contributed by atoms with E-state index in [1.54, 1.807) is 6.08 Å². The third-order valence-corrected chi connectivity index (χ3v) is 13.8. The first-order chi connectivity index (χ1) is 34.5. The fraction of sp³-hybridized carbons (Fsp3) is 0.758. The van der Waals surface area contributed by atoms with Crippen LogP contribution < -0.4 is 5.32 Å². The first-order valence-corrected chi connectivity index (χ1v) is 31.0. The van der Waals surface area contributed by atoms with Crippen LogP contribution in [0, 0.1) is 0 Å². The normalized spacial score (nSPS) is 14.5. The van der Waals surface area contributed by atoms with E-state index in [0.29, 0.717) is 23.9 Å². The Bertz CT molecular complexity index is 1430. The molecule has 71 heavy (non-hydrogen) atoms. The number of hydrogen-bond acceptors (Lipinski definition) is 5. The number of rotatable bonds is 53. The van der Waals surface area contributed by atoms with E-state index in [1.165, 1.54) is 154 Å². The van der Waals surface area contributed by atoms with Gasteiger partial charge in [-0.1, -0.05) is 253 Å². The third kappa shape index (κ3) is 55.3. The second-order valence-electron chi connectivity index (χ2n) is 21.0. The molecule has 0 aliphatic rings. The molecule has 0 bridgehead atoms. The Morgan fingerprint density at radius 1 is 0.493 bits per heavy atom. The number of allylic oxidation sites excluding steroid dienone is 13. The highest BCUT2D eigenvalue weighted by molar-refractivity contribution is 7.47. The lowest BCUT2D eigenvalue weighted by atomic mass is 10.0. The van der Waals surface area contributed by atoms with Crippen molar-refractivity contribution in [3.63, 3.8) is 0 Å². The molecule has 3 atom stereocenters. The summed E-state index contributed by atoms with van der Waals surface area (Å²) in [7, 11) is 1.52. The lowest BCUT2D eigenvalue weighted by Crippen LogP contribution is -2.45. The summed E-state index contributed by atoms with van der Waals surface area (Å²) >= 11 is 0. The van der Waals surface area contributed by atoms with E-state index in [1.807, 2.05) is 27.2 Å². The maximum atomic E-state index is 13.0. The van der Waals surface area contributed by atoms with Gasteiger partial charge in [0, 0.05) is 6.42 Å². The molecule has 0 spiro atoms. The summed E-state index contributed by atoms with van der Waals surface area (Å²) in [6.45, 7) is 4.66. The zero-order valence-corrected chi connectivity index (χ0v) is 47.8. The molecule has 0 heterocycles. The molecule has 0 aliphatic heterocycles. The van der Waals surface area contributed by atoms with Crippen LogP contribution in [0.4, 0.5) is 0 Å². The van der Waals surface area contributed by atoms with Gasteiger partial charge in [0.25, 0.3) is 0 Å². The zero-order chi connectivity index (χ0) is 52.0. The van der Waals surface area contributed by atoms with Crippen molar-refractivity contribution in [2.45, 2.75) is 264 Å². The number of nitrogens with one attached hydrogen (secondary N) is 1. The van der Waals surface area contributed by atoms with Crippen molar-refractivity contribution in [2.24, 2.45) is 0 Å². The Kier molecular flexibility index (Phi) is 50.8. The summed E-state index contributed by atoms with van der Waals surface area (Å²) in [6, 6.07) is -0.887. The number of carbonyl (C=O) groups excluding carboxylic acids is 1. The highest BCUT2D eigenvalue weighted by Gasteiger charge is 2.27. The van der Waals surface area contributed by atoms with Crippen LogP contribution in [0.15, 0.2) is 85.1 Å². The van der Waals surface area contributed by atoms with E-state index in [0.717, 1.165) is 70.6 Å². The van der Waals surface area contributed by atoms with Crippen LogP contribution in [-0.4, -0.2) is 73.4 Å². The van der Waals surface area contributed by atoms with Crippen LogP contribution in [-0.2, 0) is 18.4 Å². The summed E-state index contributed by atoms with van der Waals surface area (Å²) in [6.07, 6.45) is 74.2. The molecule has 0 aromatic carbocycles. The van der Waals surface area contributed by atoms with Gasteiger partial charge in [-0.25, -0.2) is 4.57 Å². The van der Waals surface area contributed by atoms with Gasteiger partial charge in [0.15, 0.2) is 0 Å². The highest BCUT2D eigenvalue weighted by atomic mass is 31.2. The number of aliphatic hydroxyl groups is 1. The second kappa shape index (κ2) is 52.5. The van der Waals surface area contributed by atoms with Crippen LogP contribution in [0.5, 0.6) is 0 Å². The molecular formula is C62H114N2O6P+. The molecule has 0 aromatic heterocycles. The zero-order valence-electron chi connectivity index (χ0n) is 46.9. The molecule has 0 saturated heterocycles. The van der Waals surface area contributed by atoms with Crippen molar-refractivity contribution in [2.75, 3.05) is 40.9 Å². The SMILES string of the molecule is CC/C=C\C/C=C\C/C=C\C/C=C\C/C=C\CCCCCC(=O)NC(COP(=O)(O)OCC[N+](C)(C)C)C(O)/C=C/CC/C=C/CCCCCCCCCCCCCCCCCCCCCCCCCC. The van der Waals surface area contributed by atoms with Crippen molar-refractivity contribution in [3.8, 4) is 0 Å². The summed E-state index contributed by atoms with van der Waals surface area (Å²) in [5, 5.41) is 13.9. The van der Waals surface area contributed by atoms with Gasteiger partial charge in [0.2, 0.25) is 5.91 Å². The Labute approximate surface area is 439 Å². The minimum Gasteiger partial charge on any atom is -0.387 e. The summed E-state index contributed by atoms with van der Waals surface area (Å²) in [4.78, 5) is 23.3. The van der Waals surface area contributed by atoms with Gasteiger partial charge in [-0.15, -0.1) is 0 Å². The predicted octanol–water partition coefficient (Wildman–Crippen LogP) is 18.0. The Morgan fingerprint density at radius 2 is 0.859 bits per heavy atom. The largest absolute Gasteiger partial charge is 0.472 e. The molecule has 0 aromatic rings. The fourth-order valence-corrected chi connectivity index (χ4v) is 9.00. The molecule has 9 heteroatoms. The molecule has 0 fully saturated rings. The number of amides is 1. The van der Waals surface area contributed by atoms with E-state index in [-0.39, 0.29) is 19.1 Å². The lowest BCUT2D eigenvalue weighted by molar-refractivity contribution is -0.870. The van der Waals surface area contributed by atoms with Gasteiger partial charge in [-0.3, -0.25) is 13.8 Å². The van der Waals surface area contributed by atoms with E-state index in [4.69, 9.17) is 9.05 Å². The number of aliphatic hydroxyl groups excluding tert-OH is 1. The topological polar surface area (TPSA) is 105 Å². The Morgan fingerprint density at radius 3 is 1.30 bits per heavy atom. The number of phosphoric ester groups is 1. The van der Waals surface area contributed by atoms with Crippen LogP contribution in [0.25, 0.3) is 0 Å². The number of nitrogens with zero attached hydrogens (tertiary/aromatic N) is 1. The molecule has 0 radical (unpaired) electrons. The van der Waals surface area contributed by atoms with Crippen molar-refractivity contribution < 1.29 is 32.9 Å². The third-order valence-electron chi connectivity index (χ3n) is 12.8. The number of hydrogen-bond donors (Lipinski definition) is 3. The highest BCUT2D eigenvalue weighted by Crippen LogP contribution is 2.43. The van der Waals surface area contributed by atoms with Crippen molar-refractivity contribution in [3.05, 3.63) is 85.1 Å². The molecule has 0 rings (SSSR count). The molecule has 412 valence electrons. The lowest BCUT2D eigenvalue weighted by Gasteiger charge is -2.25. The van der Waals surface area contributed by atoms with Gasteiger partial charge >= 0.3 is 7.82 Å². The van der Waals surface area contributed by atoms with Crippen LogP contribution in [0.3, 0.4) is 0 Å².